The first-order valence-electron chi connectivity index (χ1n) is 5.04. The summed E-state index contributed by atoms with van der Waals surface area (Å²) in [6, 6.07) is 9.89. The highest BCUT2D eigenvalue weighted by atomic mass is 79.9. The second-order valence-electron chi connectivity index (χ2n) is 3.55. The average molecular weight is 379 g/mol. The molecule has 7 heteroatoms. The zero-order valence-corrected chi connectivity index (χ0v) is 13.2. The van der Waals surface area contributed by atoms with E-state index in [1.807, 2.05) is 0 Å². The molecule has 0 saturated heterocycles. The Bertz CT molecular complexity index is 652. The molecule has 0 fully saturated rings. The first-order chi connectivity index (χ1) is 8.97. The lowest BCUT2D eigenvalue weighted by Gasteiger charge is -2.06. The topological polar surface area (TPSA) is 43.1 Å². The van der Waals surface area contributed by atoms with Gasteiger partial charge in [-0.25, -0.2) is 0 Å². The molecule has 2 rings (SSSR count). The summed E-state index contributed by atoms with van der Waals surface area (Å²) in [6.07, 6.45) is 0. The van der Waals surface area contributed by atoms with Gasteiger partial charge in [0.25, 0.3) is 5.69 Å². The van der Waals surface area contributed by atoms with E-state index in [2.05, 4.69) is 15.9 Å². The Morgan fingerprint density at radius 2 is 1.84 bits per heavy atom. The van der Waals surface area contributed by atoms with E-state index in [1.54, 1.807) is 30.3 Å². The molecule has 0 aliphatic heterocycles. The van der Waals surface area contributed by atoms with Crippen molar-refractivity contribution in [3.05, 3.63) is 61.0 Å². The summed E-state index contributed by atoms with van der Waals surface area (Å²) in [4.78, 5) is 11.8. The molecule has 0 amide bonds. The van der Waals surface area contributed by atoms with Crippen molar-refractivity contribution in [2.75, 3.05) is 0 Å². The largest absolute Gasteiger partial charge is 0.284 e. The Morgan fingerprint density at radius 3 is 2.53 bits per heavy atom. The van der Waals surface area contributed by atoms with E-state index in [9.17, 15) is 10.1 Å². The fourth-order valence-corrected chi connectivity index (χ4v) is 3.17. The molecule has 98 valence electrons. The maximum Gasteiger partial charge on any atom is 0.284 e. The van der Waals surface area contributed by atoms with Crippen LogP contribution in [0.15, 0.2) is 50.7 Å². The monoisotopic (exact) mass is 377 g/mol. The van der Waals surface area contributed by atoms with Crippen LogP contribution in [0.3, 0.4) is 0 Å². The van der Waals surface area contributed by atoms with Gasteiger partial charge in [0.15, 0.2) is 0 Å². The van der Waals surface area contributed by atoms with Gasteiger partial charge in [0.05, 0.1) is 14.8 Å². The van der Waals surface area contributed by atoms with Gasteiger partial charge in [0.2, 0.25) is 0 Å². The lowest BCUT2D eigenvalue weighted by atomic mass is 10.3. The van der Waals surface area contributed by atoms with E-state index >= 15 is 0 Å². The zero-order valence-electron chi connectivity index (χ0n) is 9.27. The van der Waals surface area contributed by atoms with Crippen molar-refractivity contribution in [1.29, 1.82) is 0 Å². The summed E-state index contributed by atoms with van der Waals surface area (Å²) in [5, 5.41) is 12.1. The molecule has 0 spiro atoms. The minimum atomic E-state index is -0.425. The molecule has 2 aromatic rings. The Morgan fingerprint density at radius 1 is 1.11 bits per heavy atom. The number of nitro groups is 1. The maximum absolute atomic E-state index is 11.0. The van der Waals surface area contributed by atoms with E-state index in [0.29, 0.717) is 24.3 Å². The van der Waals surface area contributed by atoms with Crippen LogP contribution >= 0.6 is 50.9 Å². The normalized spacial score (nSPS) is 10.5. The third-order valence-corrected chi connectivity index (χ3v) is 4.52. The van der Waals surface area contributed by atoms with Crippen LogP contribution in [0, 0.1) is 10.1 Å². The molecule has 0 N–H and O–H groups in total. The minimum absolute atomic E-state index is 0.0235. The van der Waals surface area contributed by atoms with Crippen LogP contribution in [0.2, 0.25) is 10.0 Å². The molecule has 19 heavy (non-hydrogen) atoms. The van der Waals surface area contributed by atoms with Gasteiger partial charge < -0.3 is 0 Å². The molecule has 0 aliphatic carbocycles. The smallest absolute Gasteiger partial charge is 0.258 e. The fourth-order valence-electron chi connectivity index (χ4n) is 1.39. The molecule has 0 atom stereocenters. The van der Waals surface area contributed by atoms with E-state index in [1.165, 1.54) is 17.8 Å². The summed E-state index contributed by atoms with van der Waals surface area (Å²) in [6.45, 7) is 0. The molecule has 0 heterocycles. The summed E-state index contributed by atoms with van der Waals surface area (Å²) in [7, 11) is 0. The van der Waals surface area contributed by atoms with Crippen molar-refractivity contribution in [3.63, 3.8) is 0 Å². The first kappa shape index (κ1) is 14.7. The molecular weight excluding hydrogens is 373 g/mol. The molecule has 2 aromatic carbocycles. The molecule has 0 saturated carbocycles. The van der Waals surface area contributed by atoms with Crippen LogP contribution in [-0.4, -0.2) is 4.92 Å². The van der Waals surface area contributed by atoms with E-state index in [0.717, 1.165) is 0 Å². The van der Waals surface area contributed by atoms with Gasteiger partial charge in [0, 0.05) is 20.5 Å². The third-order valence-electron chi connectivity index (χ3n) is 2.23. The van der Waals surface area contributed by atoms with Crippen LogP contribution in [0.25, 0.3) is 0 Å². The predicted octanol–water partition coefficient (Wildman–Crippen LogP) is 5.82. The molecule has 0 unspecified atom stereocenters. The van der Waals surface area contributed by atoms with Gasteiger partial charge in [-0.1, -0.05) is 50.9 Å². The maximum atomic E-state index is 11.0. The molecule has 0 bridgehead atoms. The van der Waals surface area contributed by atoms with Crippen LogP contribution in [0.5, 0.6) is 0 Å². The van der Waals surface area contributed by atoms with Gasteiger partial charge in [-0.15, -0.1) is 0 Å². The van der Waals surface area contributed by atoms with E-state index in [4.69, 9.17) is 23.2 Å². The Kier molecular flexibility index (Phi) is 4.73. The Balaban J connectivity index is 2.43. The predicted molar refractivity (Wildman–Crippen MR) is 81.4 cm³/mol. The lowest BCUT2D eigenvalue weighted by Crippen LogP contribution is -1.90. The van der Waals surface area contributed by atoms with Crippen LogP contribution in [-0.2, 0) is 0 Å². The summed E-state index contributed by atoms with van der Waals surface area (Å²) in [5.41, 5.74) is 0.0235. The molecule has 0 aliphatic rings. The number of nitrogens with zero attached hydrogens (tertiary/aromatic N) is 1. The zero-order chi connectivity index (χ0) is 14.0. The number of benzene rings is 2. The van der Waals surface area contributed by atoms with Gasteiger partial charge in [-0.2, -0.15) is 0 Å². The second kappa shape index (κ2) is 6.13. The van der Waals surface area contributed by atoms with E-state index in [-0.39, 0.29) is 5.69 Å². The highest BCUT2D eigenvalue weighted by molar-refractivity contribution is 9.10. The minimum Gasteiger partial charge on any atom is -0.258 e. The van der Waals surface area contributed by atoms with Gasteiger partial charge in [-0.05, 0) is 30.3 Å². The third kappa shape index (κ3) is 3.63. The van der Waals surface area contributed by atoms with Crippen LogP contribution < -0.4 is 0 Å². The van der Waals surface area contributed by atoms with Crippen molar-refractivity contribution in [1.82, 2.24) is 0 Å². The lowest BCUT2D eigenvalue weighted by molar-refractivity contribution is -0.387. The highest BCUT2D eigenvalue weighted by Crippen LogP contribution is 2.40. The molecular formula is C12H6BrCl2NO2S. The number of hydrogen-bond acceptors (Lipinski definition) is 3. The number of rotatable bonds is 3. The van der Waals surface area contributed by atoms with Crippen molar-refractivity contribution in [2.24, 2.45) is 0 Å². The molecule has 3 nitrogen and oxygen atoms in total. The first-order valence-corrected chi connectivity index (χ1v) is 7.41. The van der Waals surface area contributed by atoms with Crippen molar-refractivity contribution < 1.29 is 4.92 Å². The SMILES string of the molecule is O=[N+]([O-])c1cc(Br)ccc1Sc1cc(Cl)ccc1Cl. The highest BCUT2D eigenvalue weighted by Gasteiger charge is 2.16. The fraction of sp³-hybridized carbons (Fsp3) is 0. The van der Waals surface area contributed by atoms with Crippen LogP contribution in [0.4, 0.5) is 5.69 Å². The number of halogens is 3. The quantitative estimate of drug-likeness (QED) is 0.499. The summed E-state index contributed by atoms with van der Waals surface area (Å²) >= 11 is 16.4. The van der Waals surface area contributed by atoms with Gasteiger partial charge in [-0.3, -0.25) is 10.1 Å². The number of nitro benzene ring substituents is 1. The molecule has 0 aromatic heterocycles. The van der Waals surface area contributed by atoms with Crippen molar-refractivity contribution in [2.45, 2.75) is 9.79 Å². The average Bonchev–Trinajstić information content (AvgIpc) is 2.35. The Labute approximate surface area is 132 Å². The van der Waals surface area contributed by atoms with Gasteiger partial charge in [0.1, 0.15) is 0 Å². The Hall–Kier alpha value is -0.750. The summed E-state index contributed by atoms with van der Waals surface area (Å²) in [5.74, 6) is 0. The van der Waals surface area contributed by atoms with E-state index < -0.39 is 4.92 Å². The number of hydrogen-bond donors (Lipinski definition) is 0. The standard InChI is InChI=1S/C12H6BrCl2NO2S/c13-7-1-4-11(10(5-7)16(17)18)19-12-6-8(14)2-3-9(12)15/h1-6H. The van der Waals surface area contributed by atoms with Crippen molar-refractivity contribution in [3.8, 4) is 0 Å². The molecule has 0 radical (unpaired) electrons. The van der Waals surface area contributed by atoms with Crippen molar-refractivity contribution >= 4 is 56.6 Å². The summed E-state index contributed by atoms with van der Waals surface area (Å²) < 4.78 is 0.653. The second-order valence-corrected chi connectivity index (χ2v) is 6.39. The van der Waals surface area contributed by atoms with Gasteiger partial charge >= 0.3 is 0 Å². The van der Waals surface area contributed by atoms with Crippen LogP contribution in [0.1, 0.15) is 0 Å².